The van der Waals surface area contributed by atoms with Crippen LogP contribution in [0.4, 0.5) is 18.0 Å². The van der Waals surface area contributed by atoms with Crippen LogP contribution in [0.1, 0.15) is 26.3 Å². The van der Waals surface area contributed by atoms with E-state index >= 15 is 0 Å². The number of ether oxygens (including phenoxy) is 1. The van der Waals surface area contributed by atoms with Crippen molar-refractivity contribution in [2.24, 2.45) is 0 Å². The molecular formula is C18H26F3N2O6P. The number of hydrogen-bond donors (Lipinski definition) is 2. The molecule has 0 aliphatic carbocycles. The fourth-order valence-corrected chi connectivity index (χ4v) is 4.11. The minimum Gasteiger partial charge on any atom is -0.445 e. The van der Waals surface area contributed by atoms with Gasteiger partial charge in [-0.25, -0.2) is 4.79 Å². The number of benzene rings is 1. The van der Waals surface area contributed by atoms with Crippen LogP contribution in [0, 0.1) is 0 Å². The largest absolute Gasteiger partial charge is 0.445 e. The summed E-state index contributed by atoms with van der Waals surface area (Å²) in [4.78, 5) is 24.0. The first kappa shape index (κ1) is 25.9. The summed E-state index contributed by atoms with van der Waals surface area (Å²) >= 11 is 0. The number of hydrogen-bond acceptors (Lipinski definition) is 6. The molecule has 0 fully saturated rings. The summed E-state index contributed by atoms with van der Waals surface area (Å²) in [6.45, 7) is 3.79. The molecule has 170 valence electrons. The smallest absolute Gasteiger partial charge is 0.409 e. The van der Waals surface area contributed by atoms with Crippen LogP contribution in [0.2, 0.25) is 0 Å². The van der Waals surface area contributed by atoms with Crippen LogP contribution in [0.3, 0.4) is 0 Å². The highest BCUT2D eigenvalue weighted by Crippen LogP contribution is 2.50. The van der Waals surface area contributed by atoms with E-state index in [9.17, 15) is 27.3 Å². The second-order valence-electron chi connectivity index (χ2n) is 6.16. The van der Waals surface area contributed by atoms with E-state index in [0.29, 0.717) is 5.56 Å². The minimum absolute atomic E-state index is 0.0713. The molecule has 0 saturated carbocycles. The van der Waals surface area contributed by atoms with Crippen molar-refractivity contribution in [1.29, 1.82) is 0 Å². The molecule has 0 aliphatic heterocycles. The minimum atomic E-state index is -4.91. The normalized spacial score (nSPS) is 13.9. The highest BCUT2D eigenvalue weighted by atomic mass is 31.2. The van der Waals surface area contributed by atoms with E-state index < -0.39 is 44.0 Å². The summed E-state index contributed by atoms with van der Waals surface area (Å²) in [5, 5.41) is 3.89. The first-order chi connectivity index (χ1) is 14.0. The molecule has 2 amide bonds. The van der Waals surface area contributed by atoms with Gasteiger partial charge in [0.2, 0.25) is 5.91 Å². The third-order valence-corrected chi connectivity index (χ3v) is 5.83. The van der Waals surface area contributed by atoms with Crippen molar-refractivity contribution in [2.45, 2.75) is 45.6 Å². The predicted octanol–water partition coefficient (Wildman–Crippen LogP) is 3.61. The van der Waals surface area contributed by atoms with Gasteiger partial charge in [0.05, 0.1) is 19.4 Å². The zero-order valence-electron chi connectivity index (χ0n) is 16.9. The van der Waals surface area contributed by atoms with Gasteiger partial charge in [-0.2, -0.15) is 13.2 Å². The lowest BCUT2D eigenvalue weighted by Gasteiger charge is -2.27. The average Bonchev–Trinajstić information content (AvgIpc) is 2.66. The molecule has 2 atom stereocenters. The van der Waals surface area contributed by atoms with Crippen LogP contribution in [0.5, 0.6) is 0 Å². The monoisotopic (exact) mass is 454 g/mol. The van der Waals surface area contributed by atoms with Crippen molar-refractivity contribution in [3.8, 4) is 0 Å². The molecule has 0 unspecified atom stereocenters. The number of alkyl carbamates (subject to hydrolysis) is 1. The second-order valence-corrected chi connectivity index (χ2v) is 8.26. The van der Waals surface area contributed by atoms with Crippen molar-refractivity contribution in [3.63, 3.8) is 0 Å². The Labute approximate surface area is 173 Å². The van der Waals surface area contributed by atoms with Gasteiger partial charge in [-0.3, -0.25) is 9.36 Å². The van der Waals surface area contributed by atoms with Crippen LogP contribution < -0.4 is 10.6 Å². The van der Waals surface area contributed by atoms with Crippen LogP contribution in [0.25, 0.3) is 0 Å². The summed E-state index contributed by atoms with van der Waals surface area (Å²) in [5.41, 5.74) is 0.699. The van der Waals surface area contributed by atoms with E-state index in [4.69, 9.17) is 13.8 Å². The molecule has 0 spiro atoms. The average molecular weight is 454 g/mol. The third kappa shape index (κ3) is 9.15. The summed E-state index contributed by atoms with van der Waals surface area (Å²) in [6.07, 6.45) is -6.97. The molecule has 12 heteroatoms. The summed E-state index contributed by atoms with van der Waals surface area (Å²) in [5.74, 6) is -1.13. The molecular weight excluding hydrogens is 428 g/mol. The Balaban J connectivity index is 2.69. The molecule has 30 heavy (non-hydrogen) atoms. The lowest BCUT2D eigenvalue weighted by Crippen LogP contribution is -2.54. The molecule has 0 heterocycles. The summed E-state index contributed by atoms with van der Waals surface area (Å²) in [6, 6.07) is 4.87. The van der Waals surface area contributed by atoms with Gasteiger partial charge < -0.3 is 24.4 Å². The molecule has 1 aromatic carbocycles. The van der Waals surface area contributed by atoms with Crippen molar-refractivity contribution in [2.75, 3.05) is 19.4 Å². The number of halogens is 3. The van der Waals surface area contributed by atoms with Gasteiger partial charge in [-0.1, -0.05) is 30.3 Å². The van der Waals surface area contributed by atoms with E-state index in [0.717, 1.165) is 0 Å². The third-order valence-electron chi connectivity index (χ3n) is 3.71. The standard InChI is InChI=1S/C18H26F3N2O6P/c1-4-28-30(26,29-5-2)12-15(18(19,20)21)23-16(24)13(3)22-17(25)27-11-14-9-7-6-8-10-14/h6-10,13,15H,4-5,11-12H2,1-3H3,(H,22,25)(H,23,24)/t13-,15-/m0/s1. The zero-order chi connectivity index (χ0) is 22.8. The number of carbonyl (C=O) groups is 2. The van der Waals surface area contributed by atoms with Gasteiger partial charge in [-0.15, -0.1) is 0 Å². The maximum absolute atomic E-state index is 13.4. The Morgan fingerprint density at radius 3 is 2.13 bits per heavy atom. The number of nitrogens with one attached hydrogen (secondary N) is 2. The highest BCUT2D eigenvalue weighted by molar-refractivity contribution is 7.53. The number of alkyl halides is 3. The van der Waals surface area contributed by atoms with E-state index in [-0.39, 0.29) is 19.8 Å². The van der Waals surface area contributed by atoms with Gasteiger partial charge in [0, 0.05) is 0 Å². The summed E-state index contributed by atoms with van der Waals surface area (Å²) < 4.78 is 67.2. The highest BCUT2D eigenvalue weighted by Gasteiger charge is 2.46. The Bertz CT molecular complexity index is 722. The Kier molecular flexibility index (Phi) is 10.3. The van der Waals surface area contributed by atoms with Gasteiger partial charge in [0.1, 0.15) is 18.7 Å². The van der Waals surface area contributed by atoms with Gasteiger partial charge in [0.15, 0.2) is 0 Å². The quantitative estimate of drug-likeness (QED) is 0.495. The maximum atomic E-state index is 13.4. The number of amides is 2. The fourth-order valence-electron chi connectivity index (χ4n) is 2.29. The van der Waals surface area contributed by atoms with E-state index in [2.05, 4.69) is 5.32 Å². The van der Waals surface area contributed by atoms with Crippen molar-refractivity contribution < 1.29 is 41.1 Å². The molecule has 1 aromatic rings. The molecule has 0 radical (unpaired) electrons. The molecule has 0 aliphatic rings. The lowest BCUT2D eigenvalue weighted by molar-refractivity contribution is -0.158. The zero-order valence-corrected chi connectivity index (χ0v) is 17.8. The molecule has 0 aromatic heterocycles. The maximum Gasteiger partial charge on any atom is 0.409 e. The molecule has 8 nitrogen and oxygen atoms in total. The Morgan fingerprint density at radius 1 is 1.07 bits per heavy atom. The van der Waals surface area contributed by atoms with Gasteiger partial charge >= 0.3 is 19.9 Å². The molecule has 1 rings (SSSR count). The van der Waals surface area contributed by atoms with E-state index in [1.165, 1.54) is 20.8 Å². The van der Waals surface area contributed by atoms with Crippen molar-refractivity contribution >= 4 is 19.6 Å². The topological polar surface area (TPSA) is 103 Å². The lowest BCUT2D eigenvalue weighted by atomic mass is 10.2. The van der Waals surface area contributed by atoms with Crippen molar-refractivity contribution in [1.82, 2.24) is 10.6 Å². The molecule has 2 N–H and O–H groups in total. The van der Waals surface area contributed by atoms with Gasteiger partial charge in [-0.05, 0) is 26.3 Å². The van der Waals surface area contributed by atoms with Crippen LogP contribution >= 0.6 is 7.60 Å². The van der Waals surface area contributed by atoms with E-state index in [1.807, 2.05) is 0 Å². The Morgan fingerprint density at radius 2 is 1.63 bits per heavy atom. The van der Waals surface area contributed by atoms with Crippen LogP contribution in [0.15, 0.2) is 30.3 Å². The molecule has 0 bridgehead atoms. The van der Waals surface area contributed by atoms with Crippen LogP contribution in [-0.4, -0.2) is 49.6 Å². The fraction of sp³-hybridized carbons (Fsp3) is 0.556. The number of carbonyl (C=O) groups excluding carboxylic acids is 2. The predicted molar refractivity (Wildman–Crippen MR) is 103 cm³/mol. The number of rotatable bonds is 11. The first-order valence-corrected chi connectivity index (χ1v) is 11.0. The Hall–Kier alpha value is -2.10. The first-order valence-electron chi connectivity index (χ1n) is 9.23. The van der Waals surface area contributed by atoms with Crippen molar-refractivity contribution in [3.05, 3.63) is 35.9 Å². The molecule has 0 saturated heterocycles. The van der Waals surface area contributed by atoms with Crippen LogP contribution in [-0.2, 0) is 29.8 Å². The van der Waals surface area contributed by atoms with E-state index in [1.54, 1.807) is 35.6 Å². The summed E-state index contributed by atoms with van der Waals surface area (Å²) in [7, 11) is -4.08. The SMILES string of the molecule is CCOP(=O)(C[C@H](NC(=O)[C@H](C)NC(=O)OCc1ccccc1)C(F)(F)F)OCC. The second kappa shape index (κ2) is 11.9. The van der Waals surface area contributed by atoms with Gasteiger partial charge in [0.25, 0.3) is 0 Å².